The van der Waals surface area contributed by atoms with Gasteiger partial charge < -0.3 is 16.2 Å². The summed E-state index contributed by atoms with van der Waals surface area (Å²) in [5, 5.41) is 13.3. The summed E-state index contributed by atoms with van der Waals surface area (Å²) in [4.78, 5) is 8.17. The van der Waals surface area contributed by atoms with Crippen LogP contribution in [0.1, 0.15) is 26.2 Å². The van der Waals surface area contributed by atoms with E-state index in [4.69, 9.17) is 5.73 Å². The van der Waals surface area contributed by atoms with E-state index in [2.05, 4.69) is 22.2 Å². The predicted octanol–water partition coefficient (Wildman–Crippen LogP) is 2.31. The number of hydrogen-bond donors (Lipinski definition) is 3. The van der Waals surface area contributed by atoms with Crippen LogP contribution in [0.5, 0.6) is 0 Å². The standard InChI is InChI=1S/C14H19FN4O/c1-2-3-4-10(8-20)17-13-11-6-5-9(15)7-12(11)18-14(16)19-13/h5-7,10,20H,2-4,8H2,1H3,(H3,16,17,18,19)/t10-/m1/s1. The van der Waals surface area contributed by atoms with Crippen LogP contribution in [0.15, 0.2) is 18.2 Å². The Balaban J connectivity index is 2.32. The highest BCUT2D eigenvalue weighted by Gasteiger charge is 2.12. The Hall–Kier alpha value is -1.95. The second kappa shape index (κ2) is 6.47. The molecule has 1 aromatic carbocycles. The van der Waals surface area contributed by atoms with Crippen LogP contribution in [0.3, 0.4) is 0 Å². The first kappa shape index (κ1) is 14.5. The van der Waals surface area contributed by atoms with Gasteiger partial charge in [0.1, 0.15) is 11.6 Å². The number of rotatable bonds is 6. The van der Waals surface area contributed by atoms with E-state index in [9.17, 15) is 9.50 Å². The number of anilines is 2. The van der Waals surface area contributed by atoms with Crippen molar-refractivity contribution in [3.05, 3.63) is 24.0 Å². The number of unbranched alkanes of at least 4 members (excludes halogenated alkanes) is 1. The van der Waals surface area contributed by atoms with Gasteiger partial charge in [-0.25, -0.2) is 9.37 Å². The summed E-state index contributed by atoms with van der Waals surface area (Å²) in [5.41, 5.74) is 6.10. The lowest BCUT2D eigenvalue weighted by Gasteiger charge is -2.18. The zero-order valence-corrected chi connectivity index (χ0v) is 11.4. The zero-order valence-electron chi connectivity index (χ0n) is 11.4. The van der Waals surface area contributed by atoms with Crippen LogP contribution >= 0.6 is 0 Å². The van der Waals surface area contributed by atoms with E-state index in [1.807, 2.05) is 0 Å². The van der Waals surface area contributed by atoms with Gasteiger partial charge in [0.25, 0.3) is 0 Å². The van der Waals surface area contributed by atoms with Gasteiger partial charge >= 0.3 is 0 Å². The molecule has 5 nitrogen and oxygen atoms in total. The van der Waals surface area contributed by atoms with Crippen molar-refractivity contribution in [1.82, 2.24) is 9.97 Å². The Morgan fingerprint density at radius 1 is 1.40 bits per heavy atom. The molecule has 4 N–H and O–H groups in total. The molecule has 20 heavy (non-hydrogen) atoms. The van der Waals surface area contributed by atoms with Crippen LogP contribution in [-0.4, -0.2) is 27.7 Å². The molecule has 0 fully saturated rings. The maximum atomic E-state index is 13.2. The fraction of sp³-hybridized carbons (Fsp3) is 0.429. The topological polar surface area (TPSA) is 84.1 Å². The number of aromatic nitrogens is 2. The zero-order chi connectivity index (χ0) is 14.5. The van der Waals surface area contributed by atoms with Gasteiger partial charge in [0.05, 0.1) is 18.2 Å². The highest BCUT2D eigenvalue weighted by molar-refractivity contribution is 5.90. The first-order chi connectivity index (χ1) is 9.63. The summed E-state index contributed by atoms with van der Waals surface area (Å²) in [6.07, 6.45) is 2.89. The molecule has 0 spiro atoms. The molecule has 0 unspecified atom stereocenters. The summed E-state index contributed by atoms with van der Waals surface area (Å²) in [6.45, 7) is 2.10. The van der Waals surface area contributed by atoms with Crippen LogP contribution in [0, 0.1) is 5.82 Å². The van der Waals surface area contributed by atoms with Crippen LogP contribution in [0.2, 0.25) is 0 Å². The first-order valence-electron chi connectivity index (χ1n) is 6.74. The van der Waals surface area contributed by atoms with Crippen LogP contribution in [0.4, 0.5) is 16.2 Å². The molecule has 2 aromatic rings. The van der Waals surface area contributed by atoms with Gasteiger partial charge in [-0.15, -0.1) is 0 Å². The molecule has 0 saturated heterocycles. The Morgan fingerprint density at radius 2 is 2.20 bits per heavy atom. The Labute approximate surface area is 117 Å². The molecule has 0 aliphatic heterocycles. The maximum absolute atomic E-state index is 13.2. The number of aliphatic hydroxyl groups is 1. The summed E-state index contributed by atoms with van der Waals surface area (Å²) in [7, 11) is 0. The minimum Gasteiger partial charge on any atom is -0.394 e. The van der Waals surface area contributed by atoms with Gasteiger partial charge in [-0.05, 0) is 18.6 Å². The lowest BCUT2D eigenvalue weighted by Crippen LogP contribution is -2.24. The smallest absolute Gasteiger partial charge is 0.222 e. The molecule has 0 saturated carbocycles. The average molecular weight is 278 g/mol. The van der Waals surface area contributed by atoms with Gasteiger partial charge in [0, 0.05) is 11.5 Å². The molecule has 108 valence electrons. The van der Waals surface area contributed by atoms with Crippen LogP contribution < -0.4 is 11.1 Å². The molecule has 6 heteroatoms. The normalized spacial score (nSPS) is 12.6. The van der Waals surface area contributed by atoms with Crippen LogP contribution in [-0.2, 0) is 0 Å². The maximum Gasteiger partial charge on any atom is 0.222 e. The number of nitrogens with zero attached hydrogens (tertiary/aromatic N) is 2. The van der Waals surface area contributed by atoms with E-state index in [0.717, 1.165) is 19.3 Å². The van der Waals surface area contributed by atoms with E-state index >= 15 is 0 Å². The number of hydrogen-bond acceptors (Lipinski definition) is 5. The monoisotopic (exact) mass is 278 g/mol. The minimum absolute atomic E-state index is 0.00654. The molecule has 1 atom stereocenters. The summed E-state index contributed by atoms with van der Waals surface area (Å²) < 4.78 is 13.2. The number of aliphatic hydroxyl groups excluding tert-OH is 1. The Kier molecular flexibility index (Phi) is 4.68. The lowest BCUT2D eigenvalue weighted by molar-refractivity contribution is 0.267. The van der Waals surface area contributed by atoms with Gasteiger partial charge in [-0.2, -0.15) is 4.98 Å². The molecule has 2 rings (SSSR count). The van der Waals surface area contributed by atoms with E-state index in [0.29, 0.717) is 16.7 Å². The average Bonchev–Trinajstić information content (AvgIpc) is 2.42. The molecule has 0 bridgehead atoms. The number of nitrogens with two attached hydrogens (primary N) is 1. The van der Waals surface area contributed by atoms with E-state index in [1.165, 1.54) is 12.1 Å². The molecule has 1 heterocycles. The molecular formula is C14H19FN4O. The quantitative estimate of drug-likeness (QED) is 0.755. The summed E-state index contributed by atoms with van der Waals surface area (Å²) in [6, 6.07) is 4.18. The van der Waals surface area contributed by atoms with E-state index in [1.54, 1.807) is 6.07 Å². The third-order valence-corrected chi connectivity index (χ3v) is 3.14. The van der Waals surface area contributed by atoms with Gasteiger partial charge in [-0.3, -0.25) is 0 Å². The lowest BCUT2D eigenvalue weighted by atomic mass is 10.1. The van der Waals surface area contributed by atoms with Crippen molar-refractivity contribution < 1.29 is 9.50 Å². The van der Waals surface area contributed by atoms with E-state index in [-0.39, 0.29) is 24.4 Å². The SMILES string of the molecule is CCCC[C@H](CO)Nc1nc(N)nc2cc(F)ccc12. The number of nitrogen functional groups attached to an aromatic ring is 1. The second-order valence-corrected chi connectivity index (χ2v) is 4.76. The highest BCUT2D eigenvalue weighted by Crippen LogP contribution is 2.23. The van der Waals surface area contributed by atoms with Crippen molar-refractivity contribution in [2.45, 2.75) is 32.2 Å². The first-order valence-corrected chi connectivity index (χ1v) is 6.74. The van der Waals surface area contributed by atoms with Crippen molar-refractivity contribution in [2.24, 2.45) is 0 Å². The fourth-order valence-corrected chi connectivity index (χ4v) is 2.08. The predicted molar refractivity (Wildman–Crippen MR) is 77.9 cm³/mol. The Bertz CT molecular complexity index is 585. The number of halogens is 1. The second-order valence-electron chi connectivity index (χ2n) is 4.76. The van der Waals surface area contributed by atoms with Gasteiger partial charge in [0.2, 0.25) is 5.95 Å². The largest absolute Gasteiger partial charge is 0.394 e. The number of fused-ring (bicyclic) bond motifs is 1. The van der Waals surface area contributed by atoms with Crippen molar-refractivity contribution in [3.63, 3.8) is 0 Å². The van der Waals surface area contributed by atoms with Crippen molar-refractivity contribution in [2.75, 3.05) is 17.7 Å². The molecule has 1 aromatic heterocycles. The Morgan fingerprint density at radius 3 is 2.90 bits per heavy atom. The molecule has 0 radical (unpaired) electrons. The van der Waals surface area contributed by atoms with Crippen LogP contribution in [0.25, 0.3) is 10.9 Å². The number of benzene rings is 1. The van der Waals surface area contributed by atoms with Crippen molar-refractivity contribution in [3.8, 4) is 0 Å². The van der Waals surface area contributed by atoms with E-state index < -0.39 is 0 Å². The molecule has 0 amide bonds. The summed E-state index contributed by atoms with van der Waals surface area (Å²) >= 11 is 0. The molecular weight excluding hydrogens is 259 g/mol. The summed E-state index contributed by atoms with van der Waals surface area (Å²) in [5.74, 6) is 0.242. The van der Waals surface area contributed by atoms with Crippen molar-refractivity contribution in [1.29, 1.82) is 0 Å². The third kappa shape index (κ3) is 3.33. The van der Waals surface area contributed by atoms with Gasteiger partial charge in [-0.1, -0.05) is 19.8 Å². The number of nitrogens with one attached hydrogen (secondary N) is 1. The fourth-order valence-electron chi connectivity index (χ4n) is 2.08. The highest BCUT2D eigenvalue weighted by atomic mass is 19.1. The van der Waals surface area contributed by atoms with Crippen molar-refractivity contribution >= 4 is 22.7 Å². The molecule has 0 aliphatic rings. The molecule has 0 aliphatic carbocycles. The third-order valence-electron chi connectivity index (χ3n) is 3.14. The van der Waals surface area contributed by atoms with Gasteiger partial charge in [0.15, 0.2) is 0 Å². The minimum atomic E-state index is -0.369.